The van der Waals surface area contributed by atoms with Crippen LogP contribution >= 0.6 is 12.2 Å². The molecule has 1 saturated heterocycles. The van der Waals surface area contributed by atoms with Gasteiger partial charge in [-0.05, 0) is 12.1 Å². The maximum atomic E-state index is 11.4. The molecule has 18 heavy (non-hydrogen) atoms. The Bertz CT molecular complexity index is 490. The van der Waals surface area contributed by atoms with E-state index in [2.05, 4.69) is 5.32 Å². The topological polar surface area (TPSA) is 67.6 Å². The molecule has 1 aromatic carbocycles. The van der Waals surface area contributed by atoms with E-state index in [9.17, 15) is 4.79 Å². The second-order valence-corrected chi connectivity index (χ2v) is 4.46. The summed E-state index contributed by atoms with van der Waals surface area (Å²) in [7, 11) is 1.60. The summed E-state index contributed by atoms with van der Waals surface area (Å²) in [5, 5.41) is 2.78. The van der Waals surface area contributed by atoms with E-state index in [0.717, 1.165) is 23.5 Å². The van der Waals surface area contributed by atoms with Gasteiger partial charge in [-0.15, -0.1) is 0 Å². The third kappa shape index (κ3) is 2.53. The van der Waals surface area contributed by atoms with Crippen molar-refractivity contribution in [2.24, 2.45) is 5.73 Å². The fourth-order valence-electron chi connectivity index (χ4n) is 1.95. The molecule has 1 amide bonds. The van der Waals surface area contributed by atoms with Gasteiger partial charge in [0, 0.05) is 24.7 Å². The number of anilines is 1. The highest BCUT2D eigenvalue weighted by Crippen LogP contribution is 2.26. The Morgan fingerprint density at radius 2 is 2.33 bits per heavy atom. The first-order chi connectivity index (χ1) is 8.61. The summed E-state index contributed by atoms with van der Waals surface area (Å²) in [4.78, 5) is 13.7. The first kappa shape index (κ1) is 12.6. The summed E-state index contributed by atoms with van der Waals surface area (Å²) in [6, 6.07) is 5.48. The van der Waals surface area contributed by atoms with Crippen molar-refractivity contribution in [1.29, 1.82) is 0 Å². The van der Waals surface area contributed by atoms with Gasteiger partial charge >= 0.3 is 0 Å². The number of thiocarbonyl (C=S) groups is 1. The zero-order chi connectivity index (χ0) is 13.1. The Kier molecular flexibility index (Phi) is 3.66. The Hall–Kier alpha value is -1.82. The fraction of sp³-hybridized carbons (Fsp3) is 0.333. The summed E-state index contributed by atoms with van der Waals surface area (Å²) < 4.78 is 5.20. The number of piperazine rings is 1. The molecule has 0 spiro atoms. The van der Waals surface area contributed by atoms with E-state index in [-0.39, 0.29) is 5.91 Å². The lowest BCUT2D eigenvalue weighted by atomic mass is 10.1. The van der Waals surface area contributed by atoms with Crippen molar-refractivity contribution in [3.63, 3.8) is 0 Å². The van der Waals surface area contributed by atoms with Gasteiger partial charge in [0.25, 0.3) is 0 Å². The Morgan fingerprint density at radius 3 is 2.94 bits per heavy atom. The minimum Gasteiger partial charge on any atom is -0.497 e. The summed E-state index contributed by atoms with van der Waals surface area (Å²) in [5.41, 5.74) is 7.32. The van der Waals surface area contributed by atoms with Crippen LogP contribution in [0, 0.1) is 0 Å². The lowest BCUT2D eigenvalue weighted by Crippen LogP contribution is -2.48. The monoisotopic (exact) mass is 265 g/mol. The van der Waals surface area contributed by atoms with Crippen LogP contribution in [0.1, 0.15) is 5.56 Å². The van der Waals surface area contributed by atoms with Crippen molar-refractivity contribution >= 4 is 28.8 Å². The van der Waals surface area contributed by atoms with Crippen LogP contribution in [-0.2, 0) is 4.79 Å². The van der Waals surface area contributed by atoms with Gasteiger partial charge in [-0.25, -0.2) is 0 Å². The van der Waals surface area contributed by atoms with Gasteiger partial charge in [-0.1, -0.05) is 12.2 Å². The van der Waals surface area contributed by atoms with Crippen LogP contribution in [0.25, 0.3) is 0 Å². The molecule has 0 saturated carbocycles. The van der Waals surface area contributed by atoms with Crippen LogP contribution in [0.5, 0.6) is 5.75 Å². The summed E-state index contributed by atoms with van der Waals surface area (Å²) in [6.45, 7) is 1.66. The van der Waals surface area contributed by atoms with Gasteiger partial charge in [-0.3, -0.25) is 4.79 Å². The second-order valence-electron chi connectivity index (χ2n) is 4.02. The molecule has 0 aromatic heterocycles. The van der Waals surface area contributed by atoms with Gasteiger partial charge in [0.05, 0.1) is 19.3 Å². The van der Waals surface area contributed by atoms with Gasteiger partial charge in [0.15, 0.2) is 0 Å². The van der Waals surface area contributed by atoms with Crippen molar-refractivity contribution < 1.29 is 9.53 Å². The zero-order valence-corrected chi connectivity index (χ0v) is 10.9. The molecule has 0 aliphatic carbocycles. The molecule has 0 unspecified atom stereocenters. The molecule has 0 radical (unpaired) electrons. The van der Waals surface area contributed by atoms with Crippen molar-refractivity contribution in [3.05, 3.63) is 23.8 Å². The number of carbonyl (C=O) groups is 1. The molecule has 1 aromatic rings. The Balaban J connectivity index is 2.39. The van der Waals surface area contributed by atoms with Crippen molar-refractivity contribution in [3.8, 4) is 5.75 Å². The molecule has 1 aliphatic rings. The molecule has 2 rings (SSSR count). The average molecular weight is 265 g/mol. The van der Waals surface area contributed by atoms with E-state index >= 15 is 0 Å². The van der Waals surface area contributed by atoms with Crippen molar-refractivity contribution in [2.45, 2.75) is 0 Å². The highest BCUT2D eigenvalue weighted by Gasteiger charge is 2.20. The number of benzene rings is 1. The Morgan fingerprint density at radius 1 is 1.56 bits per heavy atom. The van der Waals surface area contributed by atoms with E-state index in [4.69, 9.17) is 22.7 Å². The number of amides is 1. The van der Waals surface area contributed by atoms with Crippen LogP contribution < -0.4 is 20.7 Å². The molecule has 0 atom stereocenters. The standard InChI is InChI=1S/C12H15N3O2S/c1-17-8-2-3-9(12(13)18)10(6-8)15-5-4-14-11(16)7-15/h2-3,6H,4-5,7H2,1H3,(H2,13,18)(H,14,16). The van der Waals surface area contributed by atoms with E-state index in [1.807, 2.05) is 23.1 Å². The first-order valence-electron chi connectivity index (χ1n) is 5.61. The van der Waals surface area contributed by atoms with Crippen molar-refractivity contribution in [2.75, 3.05) is 31.6 Å². The highest BCUT2D eigenvalue weighted by atomic mass is 32.1. The molecule has 5 nitrogen and oxygen atoms in total. The second kappa shape index (κ2) is 5.22. The number of nitrogens with zero attached hydrogens (tertiary/aromatic N) is 1. The lowest BCUT2D eigenvalue weighted by molar-refractivity contribution is -0.120. The number of hydrogen-bond donors (Lipinski definition) is 2. The smallest absolute Gasteiger partial charge is 0.239 e. The summed E-state index contributed by atoms with van der Waals surface area (Å²) in [5.74, 6) is 0.717. The minimum atomic E-state index is -0.00189. The molecule has 1 fully saturated rings. The predicted octanol–water partition coefficient (Wildman–Crippen LogP) is 0.266. The quantitative estimate of drug-likeness (QED) is 0.768. The third-order valence-electron chi connectivity index (χ3n) is 2.85. The van der Waals surface area contributed by atoms with Crippen LogP contribution in [-0.4, -0.2) is 37.6 Å². The number of ether oxygens (including phenoxy) is 1. The van der Waals surface area contributed by atoms with E-state index < -0.39 is 0 Å². The molecular formula is C12H15N3O2S. The molecule has 3 N–H and O–H groups in total. The van der Waals surface area contributed by atoms with E-state index in [0.29, 0.717) is 18.1 Å². The van der Waals surface area contributed by atoms with Crippen molar-refractivity contribution in [1.82, 2.24) is 5.32 Å². The number of hydrogen-bond acceptors (Lipinski definition) is 4. The number of nitrogens with two attached hydrogens (primary N) is 1. The maximum Gasteiger partial charge on any atom is 0.239 e. The fourth-order valence-corrected chi connectivity index (χ4v) is 2.13. The maximum absolute atomic E-state index is 11.4. The first-order valence-corrected chi connectivity index (χ1v) is 6.02. The average Bonchev–Trinajstić information content (AvgIpc) is 2.38. The molecule has 96 valence electrons. The van der Waals surface area contributed by atoms with Gasteiger partial charge < -0.3 is 20.7 Å². The van der Waals surface area contributed by atoms with Crippen LogP contribution in [0.4, 0.5) is 5.69 Å². The Labute approximate surface area is 111 Å². The summed E-state index contributed by atoms with van der Waals surface area (Å²) in [6.07, 6.45) is 0. The predicted molar refractivity (Wildman–Crippen MR) is 74.1 cm³/mol. The van der Waals surface area contributed by atoms with Crippen LogP contribution in [0.3, 0.4) is 0 Å². The van der Waals surface area contributed by atoms with Gasteiger partial charge in [-0.2, -0.15) is 0 Å². The summed E-state index contributed by atoms with van der Waals surface area (Å²) >= 11 is 5.04. The van der Waals surface area contributed by atoms with Gasteiger partial charge in [0.1, 0.15) is 10.7 Å². The van der Waals surface area contributed by atoms with Crippen LogP contribution in [0.2, 0.25) is 0 Å². The minimum absolute atomic E-state index is 0.00189. The number of methoxy groups -OCH3 is 1. The molecule has 1 heterocycles. The molecule has 1 aliphatic heterocycles. The lowest BCUT2D eigenvalue weighted by Gasteiger charge is -2.30. The highest BCUT2D eigenvalue weighted by molar-refractivity contribution is 7.80. The number of rotatable bonds is 3. The molecule has 0 bridgehead atoms. The number of nitrogens with one attached hydrogen (secondary N) is 1. The largest absolute Gasteiger partial charge is 0.497 e. The van der Waals surface area contributed by atoms with Crippen LogP contribution in [0.15, 0.2) is 18.2 Å². The molecular weight excluding hydrogens is 250 g/mol. The zero-order valence-electron chi connectivity index (χ0n) is 10.1. The van der Waals surface area contributed by atoms with E-state index in [1.165, 1.54) is 0 Å². The third-order valence-corrected chi connectivity index (χ3v) is 3.07. The van der Waals surface area contributed by atoms with E-state index in [1.54, 1.807) is 7.11 Å². The normalized spacial score (nSPS) is 15.2. The number of carbonyl (C=O) groups excluding carboxylic acids is 1. The SMILES string of the molecule is COc1ccc(C(N)=S)c(N2CCNC(=O)C2)c1. The molecule has 6 heteroatoms. The van der Waals surface area contributed by atoms with Gasteiger partial charge in [0.2, 0.25) is 5.91 Å².